The average molecular weight is 405 g/mol. The Morgan fingerprint density at radius 2 is 1.53 bits per heavy atom. The fourth-order valence-corrected chi connectivity index (χ4v) is 4.89. The lowest BCUT2D eigenvalue weighted by Crippen LogP contribution is -2.12. The van der Waals surface area contributed by atoms with Crippen molar-refractivity contribution in [3.63, 3.8) is 0 Å². The minimum atomic E-state index is -0.260. The Bertz CT molecular complexity index is 968. The lowest BCUT2D eigenvalue weighted by atomic mass is 9.78. The zero-order valence-corrected chi connectivity index (χ0v) is 18.3. The van der Waals surface area contributed by atoms with E-state index in [9.17, 15) is 4.39 Å². The molecule has 2 heteroatoms. The minimum Gasteiger partial charge on any atom is -0.491 e. The standard InChI is InChI=1S/C28H33FO/c1-3-20-7-12-23(13-8-20)24-14-9-21(10-15-24)5-6-22-11-17-26-25(19-22)16-18-27(28(26)29)30-4-2/h9-11,14-20,23H,3-8,12-13H2,1-2H3. The van der Waals surface area contributed by atoms with E-state index in [1.54, 1.807) is 6.07 Å². The number of hydrogen-bond acceptors (Lipinski definition) is 1. The molecule has 158 valence electrons. The highest BCUT2D eigenvalue weighted by atomic mass is 19.1. The maximum atomic E-state index is 14.5. The van der Waals surface area contributed by atoms with E-state index in [2.05, 4.69) is 37.3 Å². The molecule has 3 aromatic carbocycles. The average Bonchev–Trinajstić information content (AvgIpc) is 2.80. The third-order valence-corrected chi connectivity index (χ3v) is 6.86. The summed E-state index contributed by atoms with van der Waals surface area (Å²) < 4.78 is 19.9. The molecular weight excluding hydrogens is 371 g/mol. The van der Waals surface area contributed by atoms with E-state index in [0.717, 1.165) is 30.1 Å². The number of rotatable bonds is 7. The molecule has 0 heterocycles. The fourth-order valence-electron chi connectivity index (χ4n) is 4.89. The molecule has 0 spiro atoms. The van der Waals surface area contributed by atoms with Gasteiger partial charge in [-0.3, -0.25) is 0 Å². The molecule has 1 nitrogen and oxygen atoms in total. The molecule has 0 saturated heterocycles. The van der Waals surface area contributed by atoms with Crippen molar-refractivity contribution in [2.75, 3.05) is 6.61 Å². The molecule has 0 aromatic heterocycles. The number of benzene rings is 3. The van der Waals surface area contributed by atoms with Crippen LogP contribution in [0.3, 0.4) is 0 Å². The fraction of sp³-hybridized carbons (Fsp3) is 0.429. The van der Waals surface area contributed by atoms with Crippen LogP contribution in [0.5, 0.6) is 5.75 Å². The number of aryl methyl sites for hydroxylation is 2. The molecule has 1 aliphatic rings. The van der Waals surface area contributed by atoms with E-state index in [1.807, 2.05) is 25.1 Å². The Kier molecular flexibility index (Phi) is 6.72. The van der Waals surface area contributed by atoms with Crippen molar-refractivity contribution in [2.45, 2.75) is 64.7 Å². The summed E-state index contributed by atoms with van der Waals surface area (Å²) in [5.74, 6) is 1.77. The maximum Gasteiger partial charge on any atom is 0.172 e. The largest absolute Gasteiger partial charge is 0.491 e. The smallest absolute Gasteiger partial charge is 0.172 e. The Balaban J connectivity index is 1.38. The second-order valence-electron chi connectivity index (χ2n) is 8.73. The number of fused-ring (bicyclic) bond motifs is 1. The molecule has 0 radical (unpaired) electrons. The zero-order chi connectivity index (χ0) is 20.9. The molecule has 0 bridgehead atoms. The highest BCUT2D eigenvalue weighted by Crippen LogP contribution is 2.37. The van der Waals surface area contributed by atoms with E-state index >= 15 is 0 Å². The molecule has 1 fully saturated rings. The van der Waals surface area contributed by atoms with Gasteiger partial charge in [-0.1, -0.05) is 61.9 Å². The highest BCUT2D eigenvalue weighted by molar-refractivity contribution is 5.85. The number of halogens is 1. The maximum absolute atomic E-state index is 14.5. The highest BCUT2D eigenvalue weighted by Gasteiger charge is 2.21. The van der Waals surface area contributed by atoms with Crippen molar-refractivity contribution in [1.82, 2.24) is 0 Å². The quantitative estimate of drug-likeness (QED) is 0.389. The van der Waals surface area contributed by atoms with Crippen LogP contribution in [0.15, 0.2) is 54.6 Å². The second kappa shape index (κ2) is 9.64. The lowest BCUT2D eigenvalue weighted by molar-refractivity contribution is 0.319. The van der Waals surface area contributed by atoms with E-state index in [1.165, 1.54) is 48.8 Å². The lowest BCUT2D eigenvalue weighted by Gasteiger charge is -2.28. The van der Waals surface area contributed by atoms with Gasteiger partial charge in [-0.25, -0.2) is 4.39 Å². The summed E-state index contributed by atoms with van der Waals surface area (Å²) in [5.41, 5.74) is 4.13. The van der Waals surface area contributed by atoms with Crippen molar-refractivity contribution in [1.29, 1.82) is 0 Å². The third-order valence-electron chi connectivity index (χ3n) is 6.86. The first-order chi connectivity index (χ1) is 14.7. The van der Waals surface area contributed by atoms with Gasteiger partial charge in [0.2, 0.25) is 0 Å². The van der Waals surface area contributed by atoms with E-state index in [-0.39, 0.29) is 5.82 Å². The van der Waals surface area contributed by atoms with Gasteiger partial charge in [0.05, 0.1) is 6.61 Å². The zero-order valence-electron chi connectivity index (χ0n) is 18.3. The first-order valence-corrected chi connectivity index (χ1v) is 11.6. The molecule has 0 aliphatic heterocycles. The van der Waals surface area contributed by atoms with Gasteiger partial charge in [-0.2, -0.15) is 0 Å². The summed E-state index contributed by atoms with van der Waals surface area (Å²) in [6.07, 6.45) is 8.77. The molecule has 1 aliphatic carbocycles. The van der Waals surface area contributed by atoms with Crippen LogP contribution in [0.1, 0.15) is 68.6 Å². The molecule has 4 rings (SSSR count). The molecule has 0 amide bonds. The SMILES string of the molecule is CCOc1ccc2cc(CCc3ccc(C4CCC(CC)CC4)cc3)ccc2c1F. The van der Waals surface area contributed by atoms with Crippen LogP contribution in [-0.2, 0) is 12.8 Å². The molecule has 0 N–H and O–H groups in total. The molecule has 1 saturated carbocycles. The summed E-state index contributed by atoms with van der Waals surface area (Å²) >= 11 is 0. The summed E-state index contributed by atoms with van der Waals surface area (Å²) in [7, 11) is 0. The van der Waals surface area contributed by atoms with Crippen molar-refractivity contribution in [3.05, 3.63) is 77.1 Å². The van der Waals surface area contributed by atoms with Crippen LogP contribution < -0.4 is 4.74 Å². The predicted octanol–water partition coefficient (Wildman–Crippen LogP) is 7.85. The predicted molar refractivity (Wildman–Crippen MR) is 124 cm³/mol. The first kappa shape index (κ1) is 20.9. The molecule has 3 aromatic rings. The van der Waals surface area contributed by atoms with Crippen molar-refractivity contribution in [2.24, 2.45) is 5.92 Å². The summed E-state index contributed by atoms with van der Waals surface area (Å²) in [6, 6.07) is 19.0. The van der Waals surface area contributed by atoms with E-state index in [4.69, 9.17) is 4.74 Å². The monoisotopic (exact) mass is 404 g/mol. The minimum absolute atomic E-state index is 0.260. The molecule has 0 atom stereocenters. The van der Waals surface area contributed by atoms with Crippen LogP contribution in [0.25, 0.3) is 10.8 Å². The Morgan fingerprint density at radius 1 is 0.833 bits per heavy atom. The van der Waals surface area contributed by atoms with Crippen molar-refractivity contribution in [3.8, 4) is 5.75 Å². The normalized spacial score (nSPS) is 19.2. The van der Waals surface area contributed by atoms with Gasteiger partial charge < -0.3 is 4.74 Å². The number of hydrogen-bond donors (Lipinski definition) is 0. The Labute approximate surface area is 180 Å². The molecule has 30 heavy (non-hydrogen) atoms. The van der Waals surface area contributed by atoms with Crippen LogP contribution in [0, 0.1) is 11.7 Å². The van der Waals surface area contributed by atoms with Crippen LogP contribution in [0.2, 0.25) is 0 Å². The van der Waals surface area contributed by atoms with Gasteiger partial charge in [-0.15, -0.1) is 0 Å². The third kappa shape index (κ3) is 4.69. The summed E-state index contributed by atoms with van der Waals surface area (Å²) in [4.78, 5) is 0. The first-order valence-electron chi connectivity index (χ1n) is 11.6. The Hall–Kier alpha value is -2.35. The van der Waals surface area contributed by atoms with Crippen LogP contribution in [0.4, 0.5) is 4.39 Å². The van der Waals surface area contributed by atoms with Crippen molar-refractivity contribution < 1.29 is 9.13 Å². The van der Waals surface area contributed by atoms with Crippen molar-refractivity contribution >= 4 is 10.8 Å². The summed E-state index contributed by atoms with van der Waals surface area (Å²) in [5, 5.41) is 1.57. The van der Waals surface area contributed by atoms with Gasteiger partial charge in [0.25, 0.3) is 0 Å². The van der Waals surface area contributed by atoms with Gasteiger partial charge in [0.15, 0.2) is 11.6 Å². The van der Waals surface area contributed by atoms with E-state index in [0.29, 0.717) is 17.7 Å². The van der Waals surface area contributed by atoms with E-state index < -0.39 is 0 Å². The molecular formula is C28H33FO. The topological polar surface area (TPSA) is 9.23 Å². The second-order valence-corrected chi connectivity index (χ2v) is 8.73. The Morgan fingerprint density at radius 3 is 2.23 bits per heavy atom. The van der Waals surface area contributed by atoms with Gasteiger partial charge in [-0.05, 0) is 85.4 Å². The summed E-state index contributed by atoms with van der Waals surface area (Å²) in [6.45, 7) is 4.67. The molecule has 0 unspecified atom stereocenters. The van der Waals surface area contributed by atoms with Gasteiger partial charge in [0, 0.05) is 5.39 Å². The van der Waals surface area contributed by atoms with Gasteiger partial charge >= 0.3 is 0 Å². The van der Waals surface area contributed by atoms with Crippen LogP contribution in [-0.4, -0.2) is 6.61 Å². The number of ether oxygens (including phenoxy) is 1. The van der Waals surface area contributed by atoms with Crippen LogP contribution >= 0.6 is 0 Å². The van der Waals surface area contributed by atoms with Gasteiger partial charge in [0.1, 0.15) is 0 Å².